The highest BCUT2D eigenvalue weighted by atomic mass is 16.3. The molecule has 0 aromatic rings. The van der Waals surface area contributed by atoms with Crippen molar-refractivity contribution in [1.82, 2.24) is 0 Å². The van der Waals surface area contributed by atoms with E-state index in [1.807, 2.05) is 0 Å². The summed E-state index contributed by atoms with van der Waals surface area (Å²) < 4.78 is 0. The molecule has 2 rings (SSSR count). The number of fused-ring (bicyclic) bond motifs is 1. The maximum absolute atomic E-state index is 9.62. The minimum Gasteiger partial charge on any atom is -0.393 e. The number of hydrogen-bond acceptors (Lipinski definition) is 1. The Kier molecular flexibility index (Phi) is 3.16. The third-order valence-corrected chi connectivity index (χ3v) is 4.57. The highest BCUT2D eigenvalue weighted by Gasteiger charge is 2.35. The minimum absolute atomic E-state index is 0.0202. The average molecular weight is 196 g/mol. The van der Waals surface area contributed by atoms with Crippen LogP contribution in [0.5, 0.6) is 0 Å². The molecule has 14 heavy (non-hydrogen) atoms. The molecule has 82 valence electrons. The first-order chi connectivity index (χ1) is 6.66. The molecule has 0 bridgehead atoms. The van der Waals surface area contributed by atoms with E-state index in [4.69, 9.17) is 0 Å². The molecular formula is C13H24O. The van der Waals surface area contributed by atoms with Gasteiger partial charge in [-0.05, 0) is 62.2 Å². The van der Waals surface area contributed by atoms with Gasteiger partial charge in [0.1, 0.15) is 0 Å². The maximum Gasteiger partial charge on any atom is 0.0543 e. The van der Waals surface area contributed by atoms with E-state index in [-0.39, 0.29) is 6.10 Å². The molecule has 0 aromatic carbocycles. The molecule has 0 radical (unpaired) electrons. The van der Waals surface area contributed by atoms with Crippen molar-refractivity contribution in [3.8, 4) is 0 Å². The second kappa shape index (κ2) is 4.22. The summed E-state index contributed by atoms with van der Waals surface area (Å²) in [5.41, 5.74) is 0. The molecule has 0 heterocycles. The van der Waals surface area contributed by atoms with Crippen molar-refractivity contribution >= 4 is 0 Å². The summed E-state index contributed by atoms with van der Waals surface area (Å²) >= 11 is 0. The Bertz CT molecular complexity index is 188. The zero-order valence-corrected chi connectivity index (χ0v) is 9.58. The van der Waals surface area contributed by atoms with Gasteiger partial charge in [-0.2, -0.15) is 0 Å². The van der Waals surface area contributed by atoms with E-state index < -0.39 is 0 Å². The van der Waals surface area contributed by atoms with Crippen molar-refractivity contribution in [3.05, 3.63) is 0 Å². The fourth-order valence-corrected chi connectivity index (χ4v) is 3.51. The quantitative estimate of drug-likeness (QED) is 0.682. The van der Waals surface area contributed by atoms with Crippen LogP contribution in [-0.4, -0.2) is 11.2 Å². The molecule has 2 aliphatic carbocycles. The van der Waals surface area contributed by atoms with Gasteiger partial charge in [0, 0.05) is 0 Å². The topological polar surface area (TPSA) is 20.2 Å². The number of aliphatic hydroxyl groups is 1. The van der Waals surface area contributed by atoms with Crippen LogP contribution in [0.1, 0.15) is 52.4 Å². The maximum atomic E-state index is 9.62. The molecule has 0 saturated heterocycles. The lowest BCUT2D eigenvalue weighted by Crippen LogP contribution is -2.34. The highest BCUT2D eigenvalue weighted by Crippen LogP contribution is 2.44. The summed E-state index contributed by atoms with van der Waals surface area (Å²) in [6.07, 6.45) is 7.69. The Hall–Kier alpha value is -0.0400. The fraction of sp³-hybridized carbons (Fsp3) is 1.00. The molecular weight excluding hydrogens is 172 g/mol. The third kappa shape index (κ3) is 2.13. The predicted molar refractivity (Wildman–Crippen MR) is 59.0 cm³/mol. The zero-order chi connectivity index (χ0) is 10.1. The van der Waals surface area contributed by atoms with Gasteiger partial charge >= 0.3 is 0 Å². The average Bonchev–Trinajstić information content (AvgIpc) is 2.16. The van der Waals surface area contributed by atoms with Crippen LogP contribution in [0.4, 0.5) is 0 Å². The normalized spacial score (nSPS) is 43.7. The van der Waals surface area contributed by atoms with Crippen molar-refractivity contribution in [3.63, 3.8) is 0 Å². The van der Waals surface area contributed by atoms with E-state index >= 15 is 0 Å². The SMILES string of the molecule is CC(C)[C@H]1CC[C@H]2C[C@@H](O)CC[C@@H]2C1. The summed E-state index contributed by atoms with van der Waals surface area (Å²) in [7, 11) is 0. The van der Waals surface area contributed by atoms with Gasteiger partial charge in [-0.25, -0.2) is 0 Å². The predicted octanol–water partition coefficient (Wildman–Crippen LogP) is 3.22. The standard InChI is InChI=1S/C13H24O/c1-9(2)10-3-4-12-8-13(14)6-5-11(12)7-10/h9-14H,3-8H2,1-2H3/t10-,11+,12-,13-/m0/s1. The molecule has 4 atom stereocenters. The van der Waals surface area contributed by atoms with Crippen molar-refractivity contribution in [2.24, 2.45) is 23.7 Å². The van der Waals surface area contributed by atoms with Gasteiger partial charge in [0.05, 0.1) is 6.10 Å². The summed E-state index contributed by atoms with van der Waals surface area (Å²) in [5.74, 6) is 3.63. The summed E-state index contributed by atoms with van der Waals surface area (Å²) in [4.78, 5) is 0. The van der Waals surface area contributed by atoms with E-state index in [9.17, 15) is 5.11 Å². The lowest BCUT2D eigenvalue weighted by atomic mass is 9.65. The number of aliphatic hydroxyl groups excluding tert-OH is 1. The third-order valence-electron chi connectivity index (χ3n) is 4.57. The lowest BCUT2D eigenvalue weighted by Gasteiger charge is -2.42. The highest BCUT2D eigenvalue weighted by molar-refractivity contribution is 4.86. The van der Waals surface area contributed by atoms with E-state index in [1.165, 1.54) is 25.7 Å². The second-order valence-corrected chi connectivity index (χ2v) is 5.80. The zero-order valence-electron chi connectivity index (χ0n) is 9.58. The van der Waals surface area contributed by atoms with Gasteiger partial charge in [0.2, 0.25) is 0 Å². The van der Waals surface area contributed by atoms with E-state index in [1.54, 1.807) is 0 Å². The first-order valence-electron chi connectivity index (χ1n) is 6.35. The van der Waals surface area contributed by atoms with E-state index in [0.717, 1.165) is 36.5 Å². The molecule has 0 spiro atoms. The molecule has 0 aromatic heterocycles. The van der Waals surface area contributed by atoms with Crippen LogP contribution in [0.25, 0.3) is 0 Å². The minimum atomic E-state index is 0.0202. The largest absolute Gasteiger partial charge is 0.393 e. The Morgan fingerprint density at radius 1 is 0.929 bits per heavy atom. The van der Waals surface area contributed by atoms with Crippen molar-refractivity contribution in [1.29, 1.82) is 0 Å². The Balaban J connectivity index is 1.91. The first-order valence-corrected chi connectivity index (χ1v) is 6.35. The Morgan fingerprint density at radius 3 is 2.29 bits per heavy atom. The fourth-order valence-electron chi connectivity index (χ4n) is 3.51. The van der Waals surface area contributed by atoms with Crippen molar-refractivity contribution in [2.45, 2.75) is 58.5 Å². The van der Waals surface area contributed by atoms with Gasteiger partial charge in [0.25, 0.3) is 0 Å². The van der Waals surface area contributed by atoms with Crippen LogP contribution in [0.2, 0.25) is 0 Å². The van der Waals surface area contributed by atoms with E-state index in [2.05, 4.69) is 13.8 Å². The molecule has 2 saturated carbocycles. The molecule has 2 aliphatic rings. The van der Waals surface area contributed by atoms with Gasteiger partial charge in [-0.3, -0.25) is 0 Å². The number of rotatable bonds is 1. The summed E-state index contributed by atoms with van der Waals surface area (Å²) in [6, 6.07) is 0. The Labute approximate surface area is 87.9 Å². The number of hydrogen-bond donors (Lipinski definition) is 1. The van der Waals surface area contributed by atoms with Gasteiger partial charge in [-0.1, -0.05) is 13.8 Å². The van der Waals surface area contributed by atoms with Gasteiger partial charge in [0.15, 0.2) is 0 Å². The van der Waals surface area contributed by atoms with Gasteiger partial charge < -0.3 is 5.11 Å². The monoisotopic (exact) mass is 196 g/mol. The van der Waals surface area contributed by atoms with Crippen LogP contribution in [0.3, 0.4) is 0 Å². The smallest absolute Gasteiger partial charge is 0.0543 e. The van der Waals surface area contributed by atoms with Crippen molar-refractivity contribution in [2.75, 3.05) is 0 Å². The van der Waals surface area contributed by atoms with Crippen LogP contribution in [0, 0.1) is 23.7 Å². The molecule has 0 aliphatic heterocycles. The van der Waals surface area contributed by atoms with E-state index in [0.29, 0.717) is 0 Å². The summed E-state index contributed by atoms with van der Waals surface area (Å²) in [5, 5.41) is 9.62. The Morgan fingerprint density at radius 2 is 1.57 bits per heavy atom. The van der Waals surface area contributed by atoms with Crippen molar-refractivity contribution < 1.29 is 5.11 Å². The van der Waals surface area contributed by atoms with Crippen LogP contribution >= 0.6 is 0 Å². The molecule has 1 heteroatoms. The molecule has 0 unspecified atom stereocenters. The van der Waals surface area contributed by atoms with Gasteiger partial charge in [-0.15, -0.1) is 0 Å². The summed E-state index contributed by atoms with van der Waals surface area (Å²) in [6.45, 7) is 4.73. The molecule has 0 amide bonds. The molecule has 1 N–H and O–H groups in total. The van der Waals surface area contributed by atoms with Crippen LogP contribution in [-0.2, 0) is 0 Å². The lowest BCUT2D eigenvalue weighted by molar-refractivity contribution is 0.0282. The van der Waals surface area contributed by atoms with Crippen LogP contribution in [0.15, 0.2) is 0 Å². The van der Waals surface area contributed by atoms with Crippen LogP contribution < -0.4 is 0 Å². The second-order valence-electron chi connectivity index (χ2n) is 5.80. The molecule has 1 nitrogen and oxygen atoms in total. The molecule has 2 fully saturated rings. The first kappa shape index (κ1) is 10.5.